The molecule has 0 aliphatic carbocycles. The zero-order valence-corrected chi connectivity index (χ0v) is 14.9. The van der Waals surface area contributed by atoms with Gasteiger partial charge in [0.05, 0.1) is 19.8 Å². The number of ether oxygens (including phenoxy) is 2. The highest BCUT2D eigenvalue weighted by Crippen LogP contribution is 2.30. The Hall–Kier alpha value is -2.28. The molecule has 7 heteroatoms. The Labute approximate surface area is 143 Å². The molecule has 1 aromatic carbocycles. The SMILES string of the molecule is CCCOc1ccc([C@H](C)N[C@H](C)C(=O)NC(=O)NC)cc1OC. The van der Waals surface area contributed by atoms with Gasteiger partial charge in [0.2, 0.25) is 5.91 Å². The number of rotatable bonds is 8. The average molecular weight is 337 g/mol. The lowest BCUT2D eigenvalue weighted by Gasteiger charge is -2.21. The van der Waals surface area contributed by atoms with Crippen LogP contribution < -0.4 is 25.4 Å². The quantitative estimate of drug-likeness (QED) is 0.675. The van der Waals surface area contributed by atoms with Gasteiger partial charge in [0.1, 0.15) is 0 Å². The normalized spacial score (nSPS) is 12.9. The van der Waals surface area contributed by atoms with E-state index in [1.54, 1.807) is 14.0 Å². The van der Waals surface area contributed by atoms with E-state index in [1.807, 2.05) is 32.0 Å². The third kappa shape index (κ3) is 5.73. The topological polar surface area (TPSA) is 88.7 Å². The molecule has 0 aliphatic heterocycles. The molecule has 134 valence electrons. The summed E-state index contributed by atoms with van der Waals surface area (Å²) in [5.74, 6) is 0.953. The van der Waals surface area contributed by atoms with Gasteiger partial charge in [-0.15, -0.1) is 0 Å². The van der Waals surface area contributed by atoms with Gasteiger partial charge in [-0.1, -0.05) is 13.0 Å². The molecular weight excluding hydrogens is 310 g/mol. The molecule has 0 saturated carbocycles. The Bertz CT molecular complexity index is 563. The number of nitrogens with one attached hydrogen (secondary N) is 3. The first-order chi connectivity index (χ1) is 11.4. The van der Waals surface area contributed by atoms with E-state index in [1.165, 1.54) is 7.05 Å². The van der Waals surface area contributed by atoms with Crippen molar-refractivity contribution in [3.63, 3.8) is 0 Å². The summed E-state index contributed by atoms with van der Waals surface area (Å²) in [5, 5.41) is 7.74. The van der Waals surface area contributed by atoms with Crippen LogP contribution in [0.25, 0.3) is 0 Å². The van der Waals surface area contributed by atoms with Crippen molar-refractivity contribution in [1.29, 1.82) is 0 Å². The predicted molar refractivity (Wildman–Crippen MR) is 92.4 cm³/mol. The molecule has 0 aliphatic rings. The number of benzene rings is 1. The second kappa shape index (κ2) is 9.77. The molecule has 0 saturated heterocycles. The van der Waals surface area contributed by atoms with Gasteiger partial charge in [0.25, 0.3) is 0 Å². The highest BCUT2D eigenvalue weighted by Gasteiger charge is 2.19. The Morgan fingerprint density at radius 1 is 1.21 bits per heavy atom. The van der Waals surface area contributed by atoms with Crippen molar-refractivity contribution >= 4 is 11.9 Å². The molecule has 1 rings (SSSR count). The number of hydrogen-bond acceptors (Lipinski definition) is 5. The minimum absolute atomic E-state index is 0.107. The number of methoxy groups -OCH3 is 1. The van der Waals surface area contributed by atoms with Crippen LogP contribution >= 0.6 is 0 Å². The van der Waals surface area contributed by atoms with Crippen molar-refractivity contribution in [1.82, 2.24) is 16.0 Å². The van der Waals surface area contributed by atoms with Crippen LogP contribution in [-0.4, -0.2) is 38.7 Å². The van der Waals surface area contributed by atoms with E-state index in [0.29, 0.717) is 18.1 Å². The number of amides is 3. The monoisotopic (exact) mass is 337 g/mol. The standard InChI is InChI=1S/C17H27N3O4/c1-6-9-24-14-8-7-13(10-15(14)23-5)11(2)19-12(3)16(21)20-17(22)18-4/h7-8,10-12,19H,6,9H2,1-5H3,(H2,18,20,21,22)/t11-,12+/m0/s1. The Kier molecular flexibility index (Phi) is 8.05. The molecule has 7 nitrogen and oxygen atoms in total. The smallest absolute Gasteiger partial charge is 0.321 e. The molecule has 0 spiro atoms. The van der Waals surface area contributed by atoms with Crippen molar-refractivity contribution < 1.29 is 19.1 Å². The predicted octanol–water partition coefficient (Wildman–Crippen LogP) is 1.98. The molecule has 0 radical (unpaired) electrons. The summed E-state index contributed by atoms with van der Waals surface area (Å²) in [5.41, 5.74) is 0.954. The maximum Gasteiger partial charge on any atom is 0.321 e. The van der Waals surface area contributed by atoms with Gasteiger partial charge in [0, 0.05) is 13.1 Å². The summed E-state index contributed by atoms with van der Waals surface area (Å²) in [4.78, 5) is 23.1. The van der Waals surface area contributed by atoms with Gasteiger partial charge in [-0.2, -0.15) is 0 Å². The van der Waals surface area contributed by atoms with Crippen LogP contribution in [0.2, 0.25) is 0 Å². The molecule has 24 heavy (non-hydrogen) atoms. The summed E-state index contributed by atoms with van der Waals surface area (Å²) >= 11 is 0. The third-order valence-corrected chi connectivity index (χ3v) is 3.51. The van der Waals surface area contributed by atoms with Crippen molar-refractivity contribution in [3.8, 4) is 11.5 Å². The fraction of sp³-hybridized carbons (Fsp3) is 0.529. The molecule has 1 aromatic rings. The Balaban J connectivity index is 2.74. The van der Waals surface area contributed by atoms with E-state index in [4.69, 9.17) is 9.47 Å². The molecule has 3 N–H and O–H groups in total. The Morgan fingerprint density at radius 2 is 1.92 bits per heavy atom. The molecule has 0 heterocycles. The number of carbonyl (C=O) groups is 2. The van der Waals surface area contributed by atoms with E-state index < -0.39 is 18.0 Å². The van der Waals surface area contributed by atoms with Gasteiger partial charge >= 0.3 is 6.03 Å². The zero-order valence-electron chi connectivity index (χ0n) is 14.9. The van der Waals surface area contributed by atoms with Crippen molar-refractivity contribution in [2.75, 3.05) is 20.8 Å². The van der Waals surface area contributed by atoms with Gasteiger partial charge in [-0.3, -0.25) is 15.4 Å². The maximum atomic E-state index is 11.9. The molecular formula is C17H27N3O4. The number of imide groups is 1. The van der Waals surface area contributed by atoms with Gasteiger partial charge < -0.3 is 14.8 Å². The van der Waals surface area contributed by atoms with E-state index in [9.17, 15) is 9.59 Å². The summed E-state index contributed by atoms with van der Waals surface area (Å²) in [7, 11) is 3.05. The van der Waals surface area contributed by atoms with Crippen molar-refractivity contribution in [2.45, 2.75) is 39.3 Å². The zero-order chi connectivity index (χ0) is 18.1. The second-order valence-electron chi connectivity index (χ2n) is 5.44. The van der Waals surface area contributed by atoms with Gasteiger partial charge in [-0.25, -0.2) is 4.79 Å². The highest BCUT2D eigenvalue weighted by atomic mass is 16.5. The van der Waals surface area contributed by atoms with E-state index in [0.717, 1.165) is 12.0 Å². The lowest BCUT2D eigenvalue weighted by molar-refractivity contribution is -0.121. The molecule has 0 aromatic heterocycles. The second-order valence-corrected chi connectivity index (χ2v) is 5.44. The van der Waals surface area contributed by atoms with E-state index in [2.05, 4.69) is 16.0 Å². The number of carbonyl (C=O) groups excluding carboxylic acids is 2. The van der Waals surface area contributed by atoms with Gasteiger partial charge in [-0.05, 0) is 38.0 Å². The summed E-state index contributed by atoms with van der Waals surface area (Å²) in [6, 6.07) is 4.50. The van der Waals surface area contributed by atoms with Crippen LogP contribution in [0.1, 0.15) is 38.8 Å². The summed E-state index contributed by atoms with van der Waals surface area (Å²) < 4.78 is 11.0. The molecule has 0 fully saturated rings. The maximum absolute atomic E-state index is 11.9. The fourth-order valence-electron chi connectivity index (χ4n) is 2.11. The van der Waals surface area contributed by atoms with Crippen LogP contribution in [0.15, 0.2) is 18.2 Å². The minimum atomic E-state index is -0.528. The summed E-state index contributed by atoms with van der Waals surface area (Å²) in [6.45, 7) is 6.30. The lowest BCUT2D eigenvalue weighted by Crippen LogP contribution is -2.47. The van der Waals surface area contributed by atoms with Crippen LogP contribution in [0.5, 0.6) is 11.5 Å². The van der Waals surface area contributed by atoms with Crippen LogP contribution in [0.3, 0.4) is 0 Å². The minimum Gasteiger partial charge on any atom is -0.493 e. The first-order valence-corrected chi connectivity index (χ1v) is 8.02. The average Bonchev–Trinajstić information content (AvgIpc) is 2.59. The summed E-state index contributed by atoms with van der Waals surface area (Å²) in [6.07, 6.45) is 0.917. The first kappa shape index (κ1) is 19.8. The third-order valence-electron chi connectivity index (χ3n) is 3.51. The molecule has 3 amide bonds. The Morgan fingerprint density at radius 3 is 2.50 bits per heavy atom. The van der Waals surface area contributed by atoms with Gasteiger partial charge in [0.15, 0.2) is 11.5 Å². The van der Waals surface area contributed by atoms with Crippen molar-refractivity contribution in [3.05, 3.63) is 23.8 Å². The molecule has 0 bridgehead atoms. The fourth-order valence-corrected chi connectivity index (χ4v) is 2.11. The largest absolute Gasteiger partial charge is 0.493 e. The van der Waals surface area contributed by atoms with Crippen LogP contribution in [0.4, 0.5) is 4.79 Å². The van der Waals surface area contributed by atoms with Crippen LogP contribution in [-0.2, 0) is 4.79 Å². The number of hydrogen-bond donors (Lipinski definition) is 3. The van der Waals surface area contributed by atoms with E-state index in [-0.39, 0.29) is 6.04 Å². The molecule has 0 unspecified atom stereocenters. The highest BCUT2D eigenvalue weighted by molar-refractivity contribution is 5.96. The first-order valence-electron chi connectivity index (χ1n) is 8.02. The van der Waals surface area contributed by atoms with Crippen LogP contribution in [0, 0.1) is 0 Å². The number of urea groups is 1. The van der Waals surface area contributed by atoms with E-state index >= 15 is 0 Å². The molecule has 2 atom stereocenters. The van der Waals surface area contributed by atoms with Crippen molar-refractivity contribution in [2.24, 2.45) is 0 Å². The lowest BCUT2D eigenvalue weighted by atomic mass is 10.1.